The number of carbonyl (C=O) groups excluding carboxylic acids is 2. The predicted octanol–water partition coefficient (Wildman–Crippen LogP) is 4.07. The summed E-state index contributed by atoms with van der Waals surface area (Å²) in [5.41, 5.74) is 2.49. The highest BCUT2D eigenvalue weighted by atomic mass is 16.6. The molecule has 3 aliphatic rings. The summed E-state index contributed by atoms with van der Waals surface area (Å²) < 4.78 is 17.1. The molecule has 1 N–H and O–H groups in total. The molecular weight excluding hydrogens is 474 g/mol. The van der Waals surface area contributed by atoms with Crippen LogP contribution in [0.15, 0.2) is 30.6 Å². The Labute approximate surface area is 217 Å². The Balaban J connectivity index is 1.18. The number of amides is 2. The van der Waals surface area contributed by atoms with Crippen LogP contribution in [0.2, 0.25) is 0 Å². The van der Waals surface area contributed by atoms with Gasteiger partial charge in [-0.2, -0.15) is 0 Å². The number of benzene rings is 1. The number of hydrogen-bond acceptors (Lipinski definition) is 8. The van der Waals surface area contributed by atoms with Crippen molar-refractivity contribution in [2.24, 2.45) is 0 Å². The second kappa shape index (κ2) is 10.5. The Morgan fingerprint density at radius 1 is 1.08 bits per heavy atom. The van der Waals surface area contributed by atoms with Crippen LogP contribution >= 0.6 is 0 Å². The minimum absolute atomic E-state index is 0.0256. The van der Waals surface area contributed by atoms with E-state index >= 15 is 0 Å². The second-order valence-corrected chi connectivity index (χ2v) is 10.7. The smallest absolute Gasteiger partial charge is 0.410 e. The Bertz CT molecular complexity index is 1140. The third-order valence-electron chi connectivity index (χ3n) is 6.75. The Morgan fingerprint density at radius 2 is 1.89 bits per heavy atom. The molecule has 4 heterocycles. The maximum Gasteiger partial charge on any atom is 0.410 e. The number of likely N-dealkylation sites (tertiary alicyclic amines) is 1. The lowest BCUT2D eigenvalue weighted by Crippen LogP contribution is -2.44. The molecule has 0 unspecified atom stereocenters. The third kappa shape index (κ3) is 6.12. The van der Waals surface area contributed by atoms with Gasteiger partial charge in [-0.25, -0.2) is 14.8 Å². The quantitative estimate of drug-likeness (QED) is 0.643. The zero-order chi connectivity index (χ0) is 26.0. The van der Waals surface area contributed by atoms with E-state index in [1.165, 1.54) is 6.33 Å². The topological polar surface area (TPSA) is 106 Å². The van der Waals surface area contributed by atoms with Crippen LogP contribution in [0.3, 0.4) is 0 Å². The Kier molecular flexibility index (Phi) is 7.19. The molecule has 2 aromatic rings. The van der Waals surface area contributed by atoms with Gasteiger partial charge in [0, 0.05) is 56.5 Å². The molecule has 1 aromatic heterocycles. The zero-order valence-electron chi connectivity index (χ0n) is 21.7. The molecule has 1 atom stereocenters. The van der Waals surface area contributed by atoms with Gasteiger partial charge in [0.15, 0.2) is 0 Å². The number of carbonyl (C=O) groups is 2. The van der Waals surface area contributed by atoms with Gasteiger partial charge < -0.3 is 29.3 Å². The van der Waals surface area contributed by atoms with Gasteiger partial charge in [0.05, 0.1) is 0 Å². The van der Waals surface area contributed by atoms with Crippen molar-refractivity contribution < 1.29 is 23.8 Å². The van der Waals surface area contributed by atoms with Gasteiger partial charge in [-0.05, 0) is 63.8 Å². The van der Waals surface area contributed by atoms with Gasteiger partial charge in [0.25, 0.3) is 5.91 Å². The molecule has 10 heteroatoms. The minimum atomic E-state index is -0.504. The van der Waals surface area contributed by atoms with E-state index in [1.807, 2.05) is 45.0 Å². The number of nitrogens with zero attached hydrogens (tertiary/aromatic N) is 4. The number of anilines is 3. The first-order valence-electron chi connectivity index (χ1n) is 13.0. The monoisotopic (exact) mass is 509 g/mol. The standard InChI is InChI=1S/C27H35N5O5/c1-27(2,3)37-26(34)31-11-9-20(10-12-31)36-24-16-23(28-17-29-24)32-13-8-18-15-19(6-7-21(18)32)30-25(33)22-5-4-14-35-22/h6-7,15-17,20,22H,4-5,8-14H2,1-3H3,(H,30,33)/t22-/m0/s1. The van der Waals surface area contributed by atoms with Crippen LogP contribution in [0.1, 0.15) is 52.0 Å². The van der Waals surface area contributed by atoms with Crippen molar-refractivity contribution in [3.8, 4) is 5.88 Å². The molecule has 37 heavy (non-hydrogen) atoms. The molecule has 2 fully saturated rings. The Morgan fingerprint density at radius 3 is 2.62 bits per heavy atom. The van der Waals surface area contributed by atoms with Gasteiger partial charge >= 0.3 is 6.09 Å². The summed E-state index contributed by atoms with van der Waals surface area (Å²) in [4.78, 5) is 37.4. The van der Waals surface area contributed by atoms with E-state index in [1.54, 1.807) is 4.90 Å². The van der Waals surface area contributed by atoms with Gasteiger partial charge in [-0.3, -0.25) is 4.79 Å². The number of aromatic nitrogens is 2. The van der Waals surface area contributed by atoms with Crippen molar-refractivity contribution in [1.29, 1.82) is 0 Å². The molecule has 1 aromatic carbocycles. The predicted molar refractivity (Wildman–Crippen MR) is 138 cm³/mol. The summed E-state index contributed by atoms with van der Waals surface area (Å²) in [6.45, 7) is 8.21. The average Bonchev–Trinajstić information content (AvgIpc) is 3.54. The summed E-state index contributed by atoms with van der Waals surface area (Å²) in [5.74, 6) is 1.21. The maximum atomic E-state index is 12.4. The van der Waals surface area contributed by atoms with Gasteiger partial charge in [0.1, 0.15) is 30.0 Å². The van der Waals surface area contributed by atoms with Crippen LogP contribution < -0.4 is 15.0 Å². The highest BCUT2D eigenvalue weighted by Crippen LogP contribution is 2.36. The number of nitrogens with one attached hydrogen (secondary N) is 1. The SMILES string of the molecule is CC(C)(C)OC(=O)N1CCC(Oc2cc(N3CCc4cc(NC(=O)[C@@H]5CCCO5)ccc43)ncn2)CC1. The molecular formula is C27H35N5O5. The van der Waals surface area contributed by atoms with E-state index < -0.39 is 5.60 Å². The first kappa shape index (κ1) is 25.3. The van der Waals surface area contributed by atoms with Gasteiger partial charge in [-0.1, -0.05) is 0 Å². The van der Waals surface area contributed by atoms with Crippen molar-refractivity contribution in [2.75, 3.05) is 36.5 Å². The number of piperidine rings is 1. The molecule has 198 valence electrons. The number of ether oxygens (including phenoxy) is 3. The van der Waals surface area contributed by atoms with E-state index in [-0.39, 0.29) is 24.2 Å². The minimum Gasteiger partial charge on any atom is -0.474 e. The van der Waals surface area contributed by atoms with E-state index in [2.05, 4.69) is 20.2 Å². The van der Waals surface area contributed by atoms with E-state index in [0.29, 0.717) is 38.4 Å². The fourth-order valence-electron chi connectivity index (χ4n) is 4.92. The highest BCUT2D eigenvalue weighted by Gasteiger charge is 2.29. The normalized spacial score (nSPS) is 20.0. The highest BCUT2D eigenvalue weighted by molar-refractivity contribution is 5.94. The van der Waals surface area contributed by atoms with Crippen molar-refractivity contribution in [1.82, 2.24) is 14.9 Å². The molecule has 0 radical (unpaired) electrons. The summed E-state index contributed by atoms with van der Waals surface area (Å²) in [6, 6.07) is 7.82. The van der Waals surface area contributed by atoms with Crippen molar-refractivity contribution in [3.05, 3.63) is 36.2 Å². The van der Waals surface area contributed by atoms with Crippen LogP contribution in [0.4, 0.5) is 22.0 Å². The fraction of sp³-hybridized carbons (Fsp3) is 0.556. The van der Waals surface area contributed by atoms with Crippen LogP contribution in [0.5, 0.6) is 5.88 Å². The summed E-state index contributed by atoms with van der Waals surface area (Å²) in [7, 11) is 0. The summed E-state index contributed by atoms with van der Waals surface area (Å²) in [6.07, 6.45) is 4.83. The number of fused-ring (bicyclic) bond motifs is 1. The molecule has 0 bridgehead atoms. The number of hydrogen-bond donors (Lipinski definition) is 1. The maximum absolute atomic E-state index is 12.4. The Hall–Kier alpha value is -3.40. The lowest BCUT2D eigenvalue weighted by molar-refractivity contribution is -0.124. The molecule has 2 amide bonds. The third-order valence-corrected chi connectivity index (χ3v) is 6.75. The zero-order valence-corrected chi connectivity index (χ0v) is 21.7. The second-order valence-electron chi connectivity index (χ2n) is 10.7. The lowest BCUT2D eigenvalue weighted by Gasteiger charge is -2.33. The molecule has 5 rings (SSSR count). The first-order valence-corrected chi connectivity index (χ1v) is 13.0. The molecule has 0 aliphatic carbocycles. The summed E-state index contributed by atoms with van der Waals surface area (Å²) in [5, 5.41) is 2.98. The van der Waals surface area contributed by atoms with E-state index in [0.717, 1.165) is 48.6 Å². The fourth-order valence-corrected chi connectivity index (χ4v) is 4.92. The molecule has 3 aliphatic heterocycles. The molecule has 10 nitrogen and oxygen atoms in total. The van der Waals surface area contributed by atoms with Crippen molar-refractivity contribution in [2.45, 2.75) is 70.7 Å². The van der Waals surface area contributed by atoms with Crippen LogP contribution in [-0.2, 0) is 20.7 Å². The van der Waals surface area contributed by atoms with Gasteiger partial charge in [-0.15, -0.1) is 0 Å². The van der Waals surface area contributed by atoms with Crippen molar-refractivity contribution >= 4 is 29.2 Å². The first-order chi connectivity index (χ1) is 17.7. The van der Waals surface area contributed by atoms with E-state index in [4.69, 9.17) is 14.2 Å². The average molecular weight is 510 g/mol. The number of rotatable bonds is 5. The van der Waals surface area contributed by atoms with E-state index in [9.17, 15) is 9.59 Å². The van der Waals surface area contributed by atoms with Crippen LogP contribution in [-0.4, -0.2) is 70.9 Å². The van der Waals surface area contributed by atoms with Gasteiger partial charge in [0.2, 0.25) is 5.88 Å². The van der Waals surface area contributed by atoms with Crippen LogP contribution in [0, 0.1) is 0 Å². The largest absolute Gasteiger partial charge is 0.474 e. The lowest BCUT2D eigenvalue weighted by atomic mass is 10.1. The van der Waals surface area contributed by atoms with Crippen LogP contribution in [0.25, 0.3) is 0 Å². The molecule has 0 spiro atoms. The molecule has 0 saturated carbocycles. The van der Waals surface area contributed by atoms with Crippen molar-refractivity contribution in [3.63, 3.8) is 0 Å². The summed E-state index contributed by atoms with van der Waals surface area (Å²) >= 11 is 0. The molecule has 2 saturated heterocycles.